The molecule has 2 rings (SSSR count). The number of carbonyl (C=O) groups is 1. The summed E-state index contributed by atoms with van der Waals surface area (Å²) in [5.74, 6) is 1.01. The van der Waals surface area contributed by atoms with Crippen LogP contribution >= 0.6 is 15.9 Å². The Morgan fingerprint density at radius 3 is 2.38 bits per heavy atom. The van der Waals surface area contributed by atoms with Gasteiger partial charge in [0, 0.05) is 21.8 Å². The molecule has 0 atom stereocenters. The number of nitrogens with two attached hydrogens (primary N) is 1. The molecule has 21 heavy (non-hydrogen) atoms. The Hall–Kier alpha value is -1.03. The summed E-state index contributed by atoms with van der Waals surface area (Å²) < 4.78 is 0.816. The summed E-state index contributed by atoms with van der Waals surface area (Å²) in [4.78, 5) is 12.4. The smallest absolute Gasteiger partial charge is 0.227 e. The van der Waals surface area contributed by atoms with Crippen LogP contribution in [0.4, 0.5) is 11.4 Å². The highest BCUT2D eigenvalue weighted by Gasteiger charge is 2.32. The molecule has 0 saturated heterocycles. The normalized spacial score (nSPS) is 22.9. The number of hydrogen-bond acceptors (Lipinski definition) is 2. The SMILES string of the molecule is CC(C)(C)C1CCC(C(=O)Nc2ccc(N)c(Br)c2)CC1. The van der Waals surface area contributed by atoms with Crippen molar-refractivity contribution < 1.29 is 4.79 Å². The second kappa shape index (κ2) is 6.39. The van der Waals surface area contributed by atoms with Crippen LogP contribution in [0.1, 0.15) is 46.5 Å². The van der Waals surface area contributed by atoms with E-state index >= 15 is 0 Å². The zero-order chi connectivity index (χ0) is 15.6. The summed E-state index contributed by atoms with van der Waals surface area (Å²) in [5.41, 5.74) is 7.59. The first-order chi connectivity index (χ1) is 9.77. The van der Waals surface area contributed by atoms with Gasteiger partial charge in [0.05, 0.1) is 0 Å². The van der Waals surface area contributed by atoms with Gasteiger partial charge in [0.2, 0.25) is 5.91 Å². The fraction of sp³-hybridized carbons (Fsp3) is 0.588. The molecule has 1 aliphatic rings. The summed E-state index contributed by atoms with van der Waals surface area (Å²) in [5, 5.41) is 3.01. The minimum Gasteiger partial charge on any atom is -0.398 e. The summed E-state index contributed by atoms with van der Waals surface area (Å²) in [7, 11) is 0. The highest BCUT2D eigenvalue weighted by molar-refractivity contribution is 9.10. The topological polar surface area (TPSA) is 55.1 Å². The van der Waals surface area contributed by atoms with Crippen LogP contribution < -0.4 is 11.1 Å². The second-order valence-electron chi connectivity index (χ2n) is 7.14. The van der Waals surface area contributed by atoms with E-state index in [1.807, 2.05) is 12.1 Å². The maximum atomic E-state index is 12.4. The van der Waals surface area contributed by atoms with Crippen molar-refractivity contribution in [3.05, 3.63) is 22.7 Å². The minimum absolute atomic E-state index is 0.138. The molecule has 1 aliphatic carbocycles. The van der Waals surface area contributed by atoms with E-state index in [1.54, 1.807) is 6.07 Å². The molecule has 0 unspecified atom stereocenters. The molecule has 116 valence electrons. The lowest BCUT2D eigenvalue weighted by Gasteiger charge is -2.36. The predicted octanol–water partition coefficient (Wildman–Crippen LogP) is 4.82. The van der Waals surface area contributed by atoms with E-state index in [4.69, 9.17) is 5.73 Å². The van der Waals surface area contributed by atoms with Gasteiger partial charge in [-0.25, -0.2) is 0 Å². The van der Waals surface area contributed by atoms with Gasteiger partial charge in [-0.2, -0.15) is 0 Å². The van der Waals surface area contributed by atoms with E-state index in [-0.39, 0.29) is 11.8 Å². The predicted molar refractivity (Wildman–Crippen MR) is 92.1 cm³/mol. The minimum atomic E-state index is 0.138. The van der Waals surface area contributed by atoms with Crippen LogP contribution in [0, 0.1) is 17.3 Å². The lowest BCUT2D eigenvalue weighted by Crippen LogP contribution is -2.31. The Morgan fingerprint density at radius 2 is 1.86 bits per heavy atom. The molecular weight excluding hydrogens is 328 g/mol. The van der Waals surface area contributed by atoms with Crippen molar-refractivity contribution in [2.45, 2.75) is 46.5 Å². The number of nitrogens with one attached hydrogen (secondary N) is 1. The third kappa shape index (κ3) is 4.22. The molecule has 0 aliphatic heterocycles. The molecule has 0 aromatic heterocycles. The van der Waals surface area contributed by atoms with Gasteiger partial charge in [0.25, 0.3) is 0 Å². The molecule has 1 saturated carbocycles. The molecule has 0 heterocycles. The van der Waals surface area contributed by atoms with E-state index in [1.165, 1.54) is 0 Å². The van der Waals surface area contributed by atoms with E-state index < -0.39 is 0 Å². The van der Waals surface area contributed by atoms with Crippen LogP contribution in [0.3, 0.4) is 0 Å². The fourth-order valence-corrected chi connectivity index (χ4v) is 3.45. The number of hydrogen-bond donors (Lipinski definition) is 2. The van der Waals surface area contributed by atoms with Crippen LogP contribution in [-0.2, 0) is 4.79 Å². The standard InChI is InChI=1S/C17H25BrN2O/c1-17(2,3)12-6-4-11(5-7-12)16(21)20-13-8-9-15(19)14(18)10-13/h8-12H,4-7,19H2,1-3H3,(H,20,21). The third-order valence-corrected chi connectivity index (χ3v) is 5.28. The van der Waals surface area contributed by atoms with Gasteiger partial charge in [-0.05, 0) is 71.1 Å². The first kappa shape index (κ1) is 16.3. The van der Waals surface area contributed by atoms with Crippen molar-refractivity contribution in [2.24, 2.45) is 17.3 Å². The van der Waals surface area contributed by atoms with E-state index in [2.05, 4.69) is 42.0 Å². The fourth-order valence-electron chi connectivity index (χ4n) is 3.07. The Bertz CT molecular complexity index is 514. The quantitative estimate of drug-likeness (QED) is 0.749. The molecule has 1 aromatic carbocycles. The van der Waals surface area contributed by atoms with Gasteiger partial charge in [0.15, 0.2) is 0 Å². The maximum absolute atomic E-state index is 12.4. The van der Waals surface area contributed by atoms with E-state index in [0.29, 0.717) is 11.1 Å². The van der Waals surface area contributed by atoms with Gasteiger partial charge in [-0.15, -0.1) is 0 Å². The lowest BCUT2D eigenvalue weighted by molar-refractivity contribution is -0.121. The number of nitrogen functional groups attached to an aromatic ring is 1. The average Bonchev–Trinajstić information content (AvgIpc) is 2.42. The van der Waals surface area contributed by atoms with Crippen LogP contribution in [0.5, 0.6) is 0 Å². The summed E-state index contributed by atoms with van der Waals surface area (Å²) >= 11 is 3.39. The van der Waals surface area contributed by atoms with E-state index in [9.17, 15) is 4.79 Å². The summed E-state index contributed by atoms with van der Waals surface area (Å²) in [6.45, 7) is 6.89. The highest BCUT2D eigenvalue weighted by atomic mass is 79.9. The molecule has 3 N–H and O–H groups in total. The Balaban J connectivity index is 1.92. The van der Waals surface area contributed by atoms with Crippen molar-refractivity contribution in [2.75, 3.05) is 11.1 Å². The third-order valence-electron chi connectivity index (χ3n) is 4.59. The van der Waals surface area contributed by atoms with Gasteiger partial charge in [-0.1, -0.05) is 20.8 Å². The van der Waals surface area contributed by atoms with Gasteiger partial charge >= 0.3 is 0 Å². The van der Waals surface area contributed by atoms with Crippen LogP contribution in [0.15, 0.2) is 22.7 Å². The number of carbonyl (C=O) groups excluding carboxylic acids is 1. The van der Waals surface area contributed by atoms with Gasteiger partial charge in [0.1, 0.15) is 0 Å². The number of anilines is 2. The molecule has 0 spiro atoms. The van der Waals surface area contributed by atoms with Gasteiger partial charge in [-0.3, -0.25) is 4.79 Å². The molecule has 1 fully saturated rings. The number of amides is 1. The Morgan fingerprint density at radius 1 is 1.24 bits per heavy atom. The van der Waals surface area contributed by atoms with Crippen molar-refractivity contribution in [3.8, 4) is 0 Å². The molecule has 1 aromatic rings. The van der Waals surface area contributed by atoms with Crippen molar-refractivity contribution in [3.63, 3.8) is 0 Å². The lowest BCUT2D eigenvalue weighted by atomic mass is 9.69. The van der Waals surface area contributed by atoms with Crippen molar-refractivity contribution >= 4 is 33.2 Å². The number of rotatable bonds is 2. The largest absolute Gasteiger partial charge is 0.398 e. The molecule has 3 nitrogen and oxygen atoms in total. The highest BCUT2D eigenvalue weighted by Crippen LogP contribution is 2.40. The van der Waals surface area contributed by atoms with Crippen LogP contribution in [0.2, 0.25) is 0 Å². The molecule has 1 amide bonds. The van der Waals surface area contributed by atoms with Crippen molar-refractivity contribution in [1.82, 2.24) is 0 Å². The molecular formula is C17H25BrN2O. The van der Waals surface area contributed by atoms with Crippen molar-refractivity contribution in [1.29, 1.82) is 0 Å². The van der Waals surface area contributed by atoms with E-state index in [0.717, 1.165) is 41.8 Å². The second-order valence-corrected chi connectivity index (χ2v) is 7.99. The zero-order valence-electron chi connectivity index (χ0n) is 13.1. The number of benzene rings is 1. The Labute approximate surface area is 135 Å². The zero-order valence-corrected chi connectivity index (χ0v) is 14.7. The number of halogens is 1. The average molecular weight is 353 g/mol. The summed E-state index contributed by atoms with van der Waals surface area (Å²) in [6.07, 6.45) is 4.27. The Kier molecular flexibility index (Phi) is 4.97. The van der Waals surface area contributed by atoms with Gasteiger partial charge < -0.3 is 11.1 Å². The summed E-state index contributed by atoms with van der Waals surface area (Å²) in [6, 6.07) is 5.50. The first-order valence-electron chi connectivity index (χ1n) is 7.63. The maximum Gasteiger partial charge on any atom is 0.227 e. The van der Waals surface area contributed by atoms with Crippen LogP contribution in [-0.4, -0.2) is 5.91 Å². The first-order valence-corrected chi connectivity index (χ1v) is 8.42. The van der Waals surface area contributed by atoms with Crippen LogP contribution in [0.25, 0.3) is 0 Å². The molecule has 0 bridgehead atoms. The molecule has 0 radical (unpaired) electrons. The monoisotopic (exact) mass is 352 g/mol. The molecule has 4 heteroatoms.